The molecule has 0 aliphatic rings. The molecule has 0 saturated heterocycles. The molecule has 1 aromatic carbocycles. The SMILES string of the molecule is Cc1cc2nc(-c3cc(Br)c[n+](C)c3)oc2cc1C. The number of aryl methyl sites for hydroxylation is 3. The lowest BCUT2D eigenvalue weighted by molar-refractivity contribution is -0.671. The maximum Gasteiger partial charge on any atom is 0.233 e. The number of rotatable bonds is 1. The number of pyridine rings is 1. The van der Waals surface area contributed by atoms with Gasteiger partial charge in [0.2, 0.25) is 5.89 Å². The van der Waals surface area contributed by atoms with Crippen molar-refractivity contribution in [3.8, 4) is 11.5 Å². The van der Waals surface area contributed by atoms with Crippen LogP contribution in [-0.2, 0) is 7.05 Å². The Morgan fingerprint density at radius 3 is 2.58 bits per heavy atom. The smallest absolute Gasteiger partial charge is 0.233 e. The van der Waals surface area contributed by atoms with Crippen molar-refractivity contribution in [1.29, 1.82) is 0 Å². The summed E-state index contributed by atoms with van der Waals surface area (Å²) >= 11 is 3.49. The number of aromatic nitrogens is 2. The van der Waals surface area contributed by atoms with Gasteiger partial charge in [-0.25, -0.2) is 9.55 Å². The Kier molecular flexibility index (Phi) is 2.90. The molecule has 2 aromatic heterocycles. The van der Waals surface area contributed by atoms with Crippen LogP contribution < -0.4 is 4.57 Å². The molecule has 0 amide bonds. The number of fused-ring (bicyclic) bond motifs is 1. The molecule has 0 unspecified atom stereocenters. The maximum absolute atomic E-state index is 5.85. The van der Waals surface area contributed by atoms with E-state index in [4.69, 9.17) is 4.42 Å². The highest BCUT2D eigenvalue weighted by atomic mass is 79.9. The highest BCUT2D eigenvalue weighted by molar-refractivity contribution is 9.10. The second-order valence-corrected chi connectivity index (χ2v) is 5.75. The fourth-order valence-corrected chi connectivity index (χ4v) is 2.66. The van der Waals surface area contributed by atoms with Gasteiger partial charge in [-0.2, -0.15) is 0 Å². The largest absolute Gasteiger partial charge is 0.436 e. The van der Waals surface area contributed by atoms with E-state index in [0.717, 1.165) is 21.1 Å². The zero-order chi connectivity index (χ0) is 13.6. The average molecular weight is 318 g/mol. The number of oxazole rings is 1. The lowest BCUT2D eigenvalue weighted by Gasteiger charge is -1.96. The van der Waals surface area contributed by atoms with Crippen molar-refractivity contribution in [2.45, 2.75) is 13.8 Å². The molecule has 3 nitrogen and oxygen atoms in total. The van der Waals surface area contributed by atoms with E-state index in [1.165, 1.54) is 11.1 Å². The van der Waals surface area contributed by atoms with Crippen molar-refractivity contribution in [2.24, 2.45) is 7.05 Å². The molecule has 0 radical (unpaired) electrons. The van der Waals surface area contributed by atoms with Gasteiger partial charge in [-0.15, -0.1) is 0 Å². The summed E-state index contributed by atoms with van der Waals surface area (Å²) in [6, 6.07) is 6.11. The molecule has 0 aliphatic heterocycles. The molecule has 2 heterocycles. The molecule has 19 heavy (non-hydrogen) atoms. The van der Waals surface area contributed by atoms with Gasteiger partial charge < -0.3 is 4.42 Å². The number of benzene rings is 1. The minimum atomic E-state index is 0.650. The van der Waals surface area contributed by atoms with Gasteiger partial charge in [0.25, 0.3) is 0 Å². The molecule has 0 saturated carbocycles. The Labute approximate surface area is 120 Å². The van der Waals surface area contributed by atoms with Crippen LogP contribution in [0.5, 0.6) is 0 Å². The Bertz CT molecular complexity index is 718. The minimum absolute atomic E-state index is 0.650. The second kappa shape index (κ2) is 4.46. The van der Waals surface area contributed by atoms with Crippen LogP contribution in [0.4, 0.5) is 0 Å². The second-order valence-electron chi connectivity index (χ2n) is 4.83. The van der Waals surface area contributed by atoms with Crippen LogP contribution >= 0.6 is 15.9 Å². The normalized spacial score (nSPS) is 11.2. The molecule has 3 aromatic rings. The molecule has 96 valence electrons. The standard InChI is InChI=1S/C15H14BrN2O/c1-9-4-13-14(5-10(9)2)19-15(17-13)11-6-12(16)8-18(3)7-11/h4-8H,1-3H3/q+1. The van der Waals surface area contributed by atoms with Gasteiger partial charge in [0.1, 0.15) is 18.1 Å². The summed E-state index contributed by atoms with van der Waals surface area (Å²) in [6.07, 6.45) is 3.98. The number of nitrogens with zero attached hydrogens (tertiary/aromatic N) is 2. The van der Waals surface area contributed by atoms with E-state index < -0.39 is 0 Å². The molecule has 0 atom stereocenters. The first-order valence-corrected chi connectivity index (χ1v) is 6.86. The Hall–Kier alpha value is -1.68. The third-order valence-corrected chi connectivity index (χ3v) is 3.65. The van der Waals surface area contributed by atoms with Gasteiger partial charge in [-0.1, -0.05) is 0 Å². The molecule has 0 fully saturated rings. The molecule has 0 bridgehead atoms. The minimum Gasteiger partial charge on any atom is -0.436 e. The number of hydrogen-bond acceptors (Lipinski definition) is 2. The van der Waals surface area contributed by atoms with Gasteiger partial charge in [0, 0.05) is 0 Å². The topological polar surface area (TPSA) is 29.9 Å². The summed E-state index contributed by atoms with van der Waals surface area (Å²) < 4.78 is 8.83. The summed E-state index contributed by atoms with van der Waals surface area (Å²) in [5, 5.41) is 0. The first-order chi connectivity index (χ1) is 9.02. The van der Waals surface area contributed by atoms with Crippen molar-refractivity contribution in [3.63, 3.8) is 0 Å². The van der Waals surface area contributed by atoms with E-state index in [1.807, 2.05) is 36.1 Å². The van der Waals surface area contributed by atoms with Crippen LogP contribution in [0.25, 0.3) is 22.6 Å². The zero-order valence-corrected chi connectivity index (χ0v) is 12.7. The molecule has 4 heteroatoms. The predicted octanol–water partition coefficient (Wildman–Crippen LogP) is 3.70. The molecule has 0 spiro atoms. The van der Waals surface area contributed by atoms with E-state index in [0.29, 0.717) is 5.89 Å². The summed E-state index contributed by atoms with van der Waals surface area (Å²) in [5.41, 5.74) is 5.15. The van der Waals surface area contributed by atoms with E-state index >= 15 is 0 Å². The zero-order valence-electron chi connectivity index (χ0n) is 11.1. The van der Waals surface area contributed by atoms with Crippen LogP contribution in [0.1, 0.15) is 11.1 Å². The van der Waals surface area contributed by atoms with Gasteiger partial charge >= 0.3 is 0 Å². The van der Waals surface area contributed by atoms with E-state index in [9.17, 15) is 0 Å². The highest BCUT2D eigenvalue weighted by Crippen LogP contribution is 2.26. The Balaban J connectivity index is 2.20. The highest BCUT2D eigenvalue weighted by Gasteiger charge is 2.13. The summed E-state index contributed by atoms with van der Waals surface area (Å²) in [7, 11) is 1.98. The fraction of sp³-hybridized carbons (Fsp3) is 0.200. The number of halogens is 1. The predicted molar refractivity (Wildman–Crippen MR) is 77.8 cm³/mol. The van der Waals surface area contributed by atoms with Crippen molar-refractivity contribution >= 4 is 27.0 Å². The summed E-state index contributed by atoms with van der Waals surface area (Å²) in [4.78, 5) is 4.57. The van der Waals surface area contributed by atoms with Crippen molar-refractivity contribution in [2.75, 3.05) is 0 Å². The molecule has 3 rings (SSSR count). The van der Waals surface area contributed by atoms with Gasteiger partial charge in [0.05, 0.1) is 4.47 Å². The molecular weight excluding hydrogens is 304 g/mol. The Morgan fingerprint density at radius 2 is 1.84 bits per heavy atom. The average Bonchev–Trinajstić information content (AvgIpc) is 2.71. The van der Waals surface area contributed by atoms with Gasteiger partial charge in [0.15, 0.2) is 18.0 Å². The lowest BCUT2D eigenvalue weighted by Crippen LogP contribution is -2.26. The van der Waals surface area contributed by atoms with E-state index in [2.05, 4.69) is 40.8 Å². The van der Waals surface area contributed by atoms with E-state index in [1.54, 1.807) is 0 Å². The van der Waals surface area contributed by atoms with E-state index in [-0.39, 0.29) is 0 Å². The van der Waals surface area contributed by atoms with Crippen LogP contribution in [0, 0.1) is 13.8 Å². The van der Waals surface area contributed by atoms with Crippen molar-refractivity contribution < 1.29 is 8.98 Å². The quantitative estimate of drug-likeness (QED) is 0.640. The fourth-order valence-electron chi connectivity index (χ4n) is 2.09. The van der Waals surface area contributed by atoms with Crippen LogP contribution in [-0.4, -0.2) is 4.98 Å². The van der Waals surface area contributed by atoms with Crippen LogP contribution in [0.2, 0.25) is 0 Å². The molecule has 0 N–H and O–H groups in total. The first kappa shape index (κ1) is 12.4. The summed E-state index contributed by atoms with van der Waals surface area (Å²) in [5.74, 6) is 0.650. The van der Waals surface area contributed by atoms with Gasteiger partial charge in [-0.3, -0.25) is 0 Å². The summed E-state index contributed by atoms with van der Waals surface area (Å²) in [6.45, 7) is 4.16. The third kappa shape index (κ3) is 2.28. The van der Waals surface area contributed by atoms with Crippen LogP contribution in [0.15, 0.2) is 39.5 Å². The Morgan fingerprint density at radius 1 is 1.11 bits per heavy atom. The first-order valence-electron chi connectivity index (χ1n) is 6.07. The molecular formula is C15H14BrN2O+. The van der Waals surface area contributed by atoms with Gasteiger partial charge in [-0.05, 0) is 59.1 Å². The van der Waals surface area contributed by atoms with Crippen LogP contribution in [0.3, 0.4) is 0 Å². The molecule has 0 aliphatic carbocycles. The number of hydrogen-bond donors (Lipinski definition) is 0. The van der Waals surface area contributed by atoms with Crippen molar-refractivity contribution in [3.05, 3.63) is 46.2 Å². The van der Waals surface area contributed by atoms with Crippen molar-refractivity contribution in [1.82, 2.24) is 4.98 Å². The third-order valence-electron chi connectivity index (χ3n) is 3.21. The maximum atomic E-state index is 5.85. The lowest BCUT2D eigenvalue weighted by atomic mass is 10.1. The monoisotopic (exact) mass is 317 g/mol.